The average Bonchev–Trinajstić information content (AvgIpc) is 2.59. The smallest absolute Gasteiger partial charge is 0.255 e. The van der Waals surface area contributed by atoms with E-state index in [1.54, 1.807) is 29.2 Å². The zero-order valence-corrected chi connectivity index (χ0v) is 14.2. The van der Waals surface area contributed by atoms with Gasteiger partial charge in [0.25, 0.3) is 11.8 Å². The summed E-state index contributed by atoms with van der Waals surface area (Å²) in [5, 5.41) is 2.57. The number of rotatable bonds is 5. The first-order valence-electron chi connectivity index (χ1n) is 7.62. The second-order valence-corrected chi connectivity index (χ2v) is 5.55. The number of hydrogen-bond acceptors (Lipinski definition) is 2. The van der Waals surface area contributed by atoms with Crippen LogP contribution in [-0.2, 0) is 0 Å². The molecule has 0 aliphatic heterocycles. The topological polar surface area (TPSA) is 49.4 Å². The number of halogens is 2. The van der Waals surface area contributed by atoms with Gasteiger partial charge in [-0.15, -0.1) is 0 Å². The van der Waals surface area contributed by atoms with Crippen LogP contribution in [0.15, 0.2) is 42.5 Å². The quantitative estimate of drug-likeness (QED) is 0.879. The minimum absolute atomic E-state index is 0.0621. The zero-order chi connectivity index (χ0) is 17.7. The second-order valence-electron chi connectivity index (χ2n) is 5.14. The van der Waals surface area contributed by atoms with Crippen molar-refractivity contribution in [2.24, 2.45) is 0 Å². The Labute approximate surface area is 145 Å². The lowest BCUT2D eigenvalue weighted by Crippen LogP contribution is -2.30. The molecule has 0 aromatic heterocycles. The summed E-state index contributed by atoms with van der Waals surface area (Å²) in [6, 6.07) is 10.4. The maximum atomic E-state index is 13.1. The monoisotopic (exact) mass is 348 g/mol. The van der Waals surface area contributed by atoms with E-state index in [4.69, 9.17) is 11.6 Å². The Morgan fingerprint density at radius 2 is 1.62 bits per heavy atom. The number of carbonyl (C=O) groups excluding carboxylic acids is 2. The lowest BCUT2D eigenvalue weighted by atomic mass is 10.1. The second kappa shape index (κ2) is 7.93. The number of nitrogens with one attached hydrogen (secondary N) is 1. The molecule has 0 unspecified atom stereocenters. The van der Waals surface area contributed by atoms with E-state index in [0.717, 1.165) is 0 Å². The lowest BCUT2D eigenvalue weighted by Gasteiger charge is -2.18. The molecule has 1 N–H and O–H groups in total. The van der Waals surface area contributed by atoms with Gasteiger partial charge in [0.05, 0.1) is 5.02 Å². The van der Waals surface area contributed by atoms with E-state index < -0.39 is 5.82 Å². The molecule has 0 fully saturated rings. The van der Waals surface area contributed by atoms with Crippen LogP contribution in [0.25, 0.3) is 0 Å². The number of benzene rings is 2. The highest BCUT2D eigenvalue weighted by Crippen LogP contribution is 2.20. The molecule has 0 saturated heterocycles. The zero-order valence-electron chi connectivity index (χ0n) is 13.5. The molecule has 6 heteroatoms. The summed E-state index contributed by atoms with van der Waals surface area (Å²) in [5.74, 6) is -0.981. The number of amides is 2. The summed E-state index contributed by atoms with van der Waals surface area (Å²) in [6.45, 7) is 5.08. The van der Waals surface area contributed by atoms with Gasteiger partial charge in [-0.05, 0) is 56.3 Å². The largest absolute Gasteiger partial charge is 0.339 e. The van der Waals surface area contributed by atoms with Crippen molar-refractivity contribution in [2.45, 2.75) is 13.8 Å². The van der Waals surface area contributed by atoms with E-state index in [-0.39, 0.29) is 16.8 Å². The first-order chi connectivity index (χ1) is 11.5. The van der Waals surface area contributed by atoms with E-state index in [2.05, 4.69) is 5.32 Å². The average molecular weight is 349 g/mol. The molecule has 0 radical (unpaired) electrons. The van der Waals surface area contributed by atoms with E-state index in [9.17, 15) is 14.0 Å². The summed E-state index contributed by atoms with van der Waals surface area (Å²) < 4.78 is 13.1. The van der Waals surface area contributed by atoms with Crippen molar-refractivity contribution in [2.75, 3.05) is 18.4 Å². The van der Waals surface area contributed by atoms with Gasteiger partial charge in [-0.2, -0.15) is 0 Å². The van der Waals surface area contributed by atoms with Crippen LogP contribution in [0.3, 0.4) is 0 Å². The SMILES string of the molecule is CCN(CC)C(=O)c1ccc(C(=O)Nc2ccc(F)c(Cl)c2)cc1. The third kappa shape index (κ3) is 4.11. The number of nitrogens with zero attached hydrogens (tertiary/aromatic N) is 1. The molecule has 126 valence electrons. The van der Waals surface area contributed by atoms with Crippen molar-refractivity contribution in [1.29, 1.82) is 0 Å². The fraction of sp³-hybridized carbons (Fsp3) is 0.222. The Morgan fingerprint density at radius 3 is 2.17 bits per heavy atom. The van der Waals surface area contributed by atoms with Gasteiger partial charge in [-0.25, -0.2) is 4.39 Å². The molecule has 0 spiro atoms. The van der Waals surface area contributed by atoms with Gasteiger partial charge in [0.1, 0.15) is 5.82 Å². The van der Waals surface area contributed by atoms with E-state index >= 15 is 0 Å². The Hall–Kier alpha value is -2.40. The Morgan fingerprint density at radius 1 is 1.04 bits per heavy atom. The summed E-state index contributed by atoms with van der Waals surface area (Å²) in [5.41, 5.74) is 1.32. The molecule has 2 amide bonds. The molecule has 0 bridgehead atoms. The fourth-order valence-corrected chi connectivity index (χ4v) is 2.42. The van der Waals surface area contributed by atoms with Crippen molar-refractivity contribution in [3.8, 4) is 0 Å². The molecule has 0 aliphatic carbocycles. The van der Waals surface area contributed by atoms with Crippen molar-refractivity contribution in [1.82, 2.24) is 4.90 Å². The van der Waals surface area contributed by atoms with Crippen molar-refractivity contribution < 1.29 is 14.0 Å². The van der Waals surface area contributed by atoms with Crippen LogP contribution >= 0.6 is 11.6 Å². The van der Waals surface area contributed by atoms with Crippen LogP contribution in [-0.4, -0.2) is 29.8 Å². The minimum Gasteiger partial charge on any atom is -0.339 e. The van der Waals surface area contributed by atoms with Crippen molar-refractivity contribution in [3.63, 3.8) is 0 Å². The van der Waals surface area contributed by atoms with Crippen molar-refractivity contribution in [3.05, 3.63) is 64.4 Å². The maximum absolute atomic E-state index is 13.1. The molecule has 24 heavy (non-hydrogen) atoms. The molecule has 2 aromatic rings. The number of anilines is 1. The molecule has 0 saturated carbocycles. The highest BCUT2D eigenvalue weighted by molar-refractivity contribution is 6.31. The Bertz CT molecular complexity index is 743. The lowest BCUT2D eigenvalue weighted by molar-refractivity contribution is 0.0772. The highest BCUT2D eigenvalue weighted by Gasteiger charge is 2.13. The fourth-order valence-electron chi connectivity index (χ4n) is 2.23. The van der Waals surface area contributed by atoms with Gasteiger partial charge in [0.15, 0.2) is 0 Å². The van der Waals surface area contributed by atoms with Gasteiger partial charge in [-0.3, -0.25) is 9.59 Å². The van der Waals surface area contributed by atoms with Crippen LogP contribution in [0.5, 0.6) is 0 Å². The van der Waals surface area contributed by atoms with Crippen LogP contribution in [0.4, 0.5) is 10.1 Å². The molecule has 0 heterocycles. The maximum Gasteiger partial charge on any atom is 0.255 e. The van der Waals surface area contributed by atoms with E-state index in [1.807, 2.05) is 13.8 Å². The summed E-state index contributed by atoms with van der Waals surface area (Å²) in [6.07, 6.45) is 0. The van der Waals surface area contributed by atoms with Gasteiger partial charge in [0, 0.05) is 29.9 Å². The molecule has 4 nitrogen and oxygen atoms in total. The number of hydrogen-bond donors (Lipinski definition) is 1. The molecule has 2 aromatic carbocycles. The van der Waals surface area contributed by atoms with Gasteiger partial charge in [-0.1, -0.05) is 11.6 Å². The van der Waals surface area contributed by atoms with E-state index in [1.165, 1.54) is 18.2 Å². The number of carbonyl (C=O) groups is 2. The van der Waals surface area contributed by atoms with Crippen LogP contribution < -0.4 is 5.32 Å². The van der Waals surface area contributed by atoms with Crippen LogP contribution in [0, 0.1) is 5.82 Å². The minimum atomic E-state index is -0.547. The Kier molecular flexibility index (Phi) is 5.93. The van der Waals surface area contributed by atoms with Gasteiger partial charge in [0.2, 0.25) is 0 Å². The summed E-state index contributed by atoms with van der Waals surface area (Å²) in [7, 11) is 0. The highest BCUT2D eigenvalue weighted by atomic mass is 35.5. The first-order valence-corrected chi connectivity index (χ1v) is 7.99. The predicted octanol–water partition coefficient (Wildman–Crippen LogP) is 4.21. The predicted molar refractivity (Wildman–Crippen MR) is 93.1 cm³/mol. The molecular formula is C18H18ClFN2O2. The van der Waals surface area contributed by atoms with E-state index in [0.29, 0.717) is 29.9 Å². The first kappa shape index (κ1) is 17.9. The van der Waals surface area contributed by atoms with Gasteiger partial charge < -0.3 is 10.2 Å². The molecular weight excluding hydrogens is 331 g/mol. The third-order valence-electron chi connectivity index (χ3n) is 3.62. The van der Waals surface area contributed by atoms with Crippen LogP contribution in [0.1, 0.15) is 34.6 Å². The van der Waals surface area contributed by atoms with Crippen LogP contribution in [0.2, 0.25) is 5.02 Å². The normalized spacial score (nSPS) is 10.3. The third-order valence-corrected chi connectivity index (χ3v) is 3.91. The Balaban J connectivity index is 2.11. The molecule has 0 aliphatic rings. The molecule has 2 rings (SSSR count). The standard InChI is InChI=1S/C18H18ClFN2O2/c1-3-22(4-2)18(24)13-7-5-12(6-8-13)17(23)21-14-9-10-16(20)15(19)11-14/h5-11H,3-4H2,1-2H3,(H,21,23). The molecule has 0 atom stereocenters. The van der Waals surface area contributed by atoms with Gasteiger partial charge >= 0.3 is 0 Å². The van der Waals surface area contributed by atoms with Crippen molar-refractivity contribution >= 4 is 29.1 Å². The summed E-state index contributed by atoms with van der Waals surface area (Å²) in [4.78, 5) is 26.1. The summed E-state index contributed by atoms with van der Waals surface area (Å²) >= 11 is 5.69.